The quantitative estimate of drug-likeness (QED) is 0.297. The van der Waals surface area contributed by atoms with E-state index >= 15 is 0 Å². The zero-order valence-electron chi connectivity index (χ0n) is 20.0. The summed E-state index contributed by atoms with van der Waals surface area (Å²) in [5.74, 6) is 0.436. The minimum atomic E-state index is -4.45. The Labute approximate surface area is 212 Å². The van der Waals surface area contributed by atoms with Crippen LogP contribution in [0.5, 0.6) is 0 Å². The number of hydrogen-bond acceptors (Lipinski definition) is 5. The van der Waals surface area contributed by atoms with Crippen molar-refractivity contribution in [3.8, 4) is 0 Å². The molecule has 0 amide bonds. The standard InChI is InChI=1S/C29H24F3N3O2/c30-29(31,32)23-5-3-4-20(14-23)16-24(36)15-19-6-8-21(9-7-19)28(37)22-10-11-25-26(17-22)34-27(18-33-25)35-12-1-2-13-35/h3-11,14,17-18H,1-2,12-13,15-16H2. The van der Waals surface area contributed by atoms with E-state index in [1.54, 1.807) is 48.7 Å². The highest BCUT2D eigenvalue weighted by Gasteiger charge is 2.30. The van der Waals surface area contributed by atoms with Crippen molar-refractivity contribution < 1.29 is 22.8 Å². The first-order chi connectivity index (χ1) is 17.8. The lowest BCUT2D eigenvalue weighted by atomic mass is 9.98. The van der Waals surface area contributed by atoms with Gasteiger partial charge in [0.25, 0.3) is 0 Å². The van der Waals surface area contributed by atoms with Gasteiger partial charge in [0.05, 0.1) is 22.8 Å². The van der Waals surface area contributed by atoms with E-state index in [4.69, 9.17) is 4.98 Å². The average Bonchev–Trinajstić information content (AvgIpc) is 3.43. The Balaban J connectivity index is 1.26. The summed E-state index contributed by atoms with van der Waals surface area (Å²) in [6.45, 7) is 1.90. The van der Waals surface area contributed by atoms with Crippen molar-refractivity contribution in [2.24, 2.45) is 0 Å². The highest BCUT2D eigenvalue weighted by Crippen LogP contribution is 2.29. The Hall–Kier alpha value is -4.07. The van der Waals surface area contributed by atoms with E-state index in [1.807, 2.05) is 0 Å². The van der Waals surface area contributed by atoms with Gasteiger partial charge in [-0.2, -0.15) is 13.2 Å². The summed E-state index contributed by atoms with van der Waals surface area (Å²) < 4.78 is 38.7. The van der Waals surface area contributed by atoms with Crippen molar-refractivity contribution in [2.45, 2.75) is 31.9 Å². The first-order valence-corrected chi connectivity index (χ1v) is 12.1. The molecule has 1 aromatic heterocycles. The number of hydrogen-bond donors (Lipinski definition) is 0. The number of rotatable bonds is 7. The zero-order valence-corrected chi connectivity index (χ0v) is 20.0. The fraction of sp³-hybridized carbons (Fsp3) is 0.241. The fourth-order valence-corrected chi connectivity index (χ4v) is 4.56. The Morgan fingerprint density at radius 1 is 0.811 bits per heavy atom. The highest BCUT2D eigenvalue weighted by atomic mass is 19.4. The molecule has 1 fully saturated rings. The molecule has 0 N–H and O–H groups in total. The number of carbonyl (C=O) groups is 2. The summed E-state index contributed by atoms with van der Waals surface area (Å²) in [6.07, 6.45) is -0.453. The third kappa shape index (κ3) is 5.69. The van der Waals surface area contributed by atoms with Crippen LogP contribution >= 0.6 is 0 Å². The van der Waals surface area contributed by atoms with Crippen molar-refractivity contribution in [1.82, 2.24) is 9.97 Å². The summed E-state index contributed by atoms with van der Waals surface area (Å²) in [6, 6.07) is 16.8. The molecule has 5 nitrogen and oxygen atoms in total. The molecule has 1 saturated heterocycles. The van der Waals surface area contributed by atoms with Crippen LogP contribution in [0.1, 0.15) is 45.5 Å². The van der Waals surface area contributed by atoms with Crippen LogP contribution in [0.25, 0.3) is 11.0 Å². The third-order valence-electron chi connectivity index (χ3n) is 6.49. The number of benzene rings is 3. The number of aromatic nitrogens is 2. The summed E-state index contributed by atoms with van der Waals surface area (Å²) in [5.41, 5.74) is 2.58. The van der Waals surface area contributed by atoms with Gasteiger partial charge < -0.3 is 4.90 Å². The van der Waals surface area contributed by atoms with Crippen molar-refractivity contribution in [3.63, 3.8) is 0 Å². The second kappa shape index (κ2) is 10.1. The lowest BCUT2D eigenvalue weighted by Gasteiger charge is -2.16. The molecule has 0 radical (unpaired) electrons. The molecular weight excluding hydrogens is 479 g/mol. The summed E-state index contributed by atoms with van der Waals surface area (Å²) >= 11 is 0. The molecule has 4 aromatic rings. The monoisotopic (exact) mass is 503 g/mol. The molecule has 8 heteroatoms. The number of anilines is 1. The summed E-state index contributed by atoms with van der Waals surface area (Å²) in [4.78, 5) is 36.9. The Kier molecular flexibility index (Phi) is 6.74. The number of ketones is 2. The Morgan fingerprint density at radius 2 is 1.51 bits per heavy atom. The van der Waals surface area contributed by atoms with Gasteiger partial charge in [0.2, 0.25) is 0 Å². The summed E-state index contributed by atoms with van der Waals surface area (Å²) in [5, 5.41) is 0. The van der Waals surface area contributed by atoms with Gasteiger partial charge in [-0.3, -0.25) is 14.6 Å². The predicted octanol–water partition coefficient (Wildman–Crippen LogP) is 5.83. The largest absolute Gasteiger partial charge is 0.416 e. The van der Waals surface area contributed by atoms with Gasteiger partial charge in [-0.1, -0.05) is 42.5 Å². The molecule has 2 heterocycles. The van der Waals surface area contributed by atoms with Crippen molar-refractivity contribution >= 4 is 28.4 Å². The molecule has 5 rings (SSSR count). The zero-order chi connectivity index (χ0) is 26.0. The maximum absolute atomic E-state index is 13.1. The SMILES string of the molecule is O=C(Cc1ccc(C(=O)c2ccc3ncc(N4CCCC4)nc3c2)cc1)Cc1cccc(C(F)(F)F)c1. The summed E-state index contributed by atoms with van der Waals surface area (Å²) in [7, 11) is 0. The molecule has 0 aliphatic carbocycles. The van der Waals surface area contributed by atoms with Gasteiger partial charge in [0.15, 0.2) is 5.78 Å². The maximum Gasteiger partial charge on any atom is 0.416 e. The second-order valence-corrected chi connectivity index (χ2v) is 9.24. The number of alkyl halides is 3. The molecule has 0 saturated carbocycles. The van der Waals surface area contributed by atoms with E-state index < -0.39 is 11.7 Å². The number of nitrogens with zero attached hydrogens (tertiary/aromatic N) is 3. The number of carbonyl (C=O) groups excluding carboxylic acids is 2. The maximum atomic E-state index is 13.1. The van der Waals surface area contributed by atoms with Crippen LogP contribution in [-0.4, -0.2) is 34.6 Å². The van der Waals surface area contributed by atoms with Gasteiger partial charge in [-0.05, 0) is 48.2 Å². The fourth-order valence-electron chi connectivity index (χ4n) is 4.56. The second-order valence-electron chi connectivity index (χ2n) is 9.24. The molecule has 1 aliphatic heterocycles. The van der Waals surface area contributed by atoms with E-state index in [9.17, 15) is 22.8 Å². The molecule has 0 unspecified atom stereocenters. The Bertz CT molecular complexity index is 1460. The molecule has 0 spiro atoms. The minimum absolute atomic E-state index is 0.0650. The van der Waals surface area contributed by atoms with Crippen LogP contribution in [0.15, 0.2) is 72.9 Å². The van der Waals surface area contributed by atoms with Crippen molar-refractivity contribution in [1.29, 1.82) is 0 Å². The van der Waals surface area contributed by atoms with Crippen LogP contribution < -0.4 is 4.90 Å². The molecule has 1 aliphatic rings. The molecule has 0 bridgehead atoms. The number of halogens is 3. The van der Waals surface area contributed by atoms with Crippen LogP contribution in [0.4, 0.5) is 19.0 Å². The molecular formula is C29H24F3N3O2. The van der Waals surface area contributed by atoms with E-state index in [0.717, 1.165) is 43.9 Å². The van der Waals surface area contributed by atoms with E-state index in [-0.39, 0.29) is 24.4 Å². The van der Waals surface area contributed by atoms with Gasteiger partial charge >= 0.3 is 6.18 Å². The highest BCUT2D eigenvalue weighted by molar-refractivity contribution is 6.10. The van der Waals surface area contributed by atoms with Crippen molar-refractivity contribution in [2.75, 3.05) is 18.0 Å². The first kappa shape index (κ1) is 24.6. The van der Waals surface area contributed by atoms with Crippen LogP contribution in [-0.2, 0) is 23.8 Å². The van der Waals surface area contributed by atoms with Crippen LogP contribution in [0.2, 0.25) is 0 Å². The third-order valence-corrected chi connectivity index (χ3v) is 6.49. The van der Waals surface area contributed by atoms with Gasteiger partial charge in [0, 0.05) is 37.1 Å². The number of fused-ring (bicyclic) bond motifs is 1. The average molecular weight is 504 g/mol. The number of Topliss-reactive ketones (excluding diaryl/α,β-unsaturated/α-hetero) is 1. The van der Waals surface area contributed by atoms with Gasteiger partial charge in [-0.15, -0.1) is 0 Å². The predicted molar refractivity (Wildman–Crippen MR) is 135 cm³/mol. The lowest BCUT2D eigenvalue weighted by molar-refractivity contribution is -0.137. The molecule has 0 atom stereocenters. The van der Waals surface area contributed by atoms with Gasteiger partial charge in [0.1, 0.15) is 11.6 Å². The smallest absolute Gasteiger partial charge is 0.355 e. The van der Waals surface area contributed by atoms with E-state index in [0.29, 0.717) is 33.3 Å². The van der Waals surface area contributed by atoms with Gasteiger partial charge in [-0.25, -0.2) is 4.98 Å². The Morgan fingerprint density at radius 3 is 2.24 bits per heavy atom. The van der Waals surface area contributed by atoms with E-state index in [2.05, 4.69) is 9.88 Å². The van der Waals surface area contributed by atoms with Crippen LogP contribution in [0, 0.1) is 0 Å². The van der Waals surface area contributed by atoms with E-state index in [1.165, 1.54) is 12.1 Å². The molecule has 3 aromatic carbocycles. The lowest BCUT2D eigenvalue weighted by Crippen LogP contribution is -2.19. The molecule has 188 valence electrons. The normalized spacial score (nSPS) is 13.8. The molecule has 37 heavy (non-hydrogen) atoms. The minimum Gasteiger partial charge on any atom is -0.355 e. The van der Waals surface area contributed by atoms with Crippen LogP contribution in [0.3, 0.4) is 0 Å². The first-order valence-electron chi connectivity index (χ1n) is 12.1. The van der Waals surface area contributed by atoms with Crippen molar-refractivity contribution in [3.05, 3.63) is 101 Å². The topological polar surface area (TPSA) is 63.2 Å².